The zero-order valence-electron chi connectivity index (χ0n) is 21.6. The van der Waals surface area contributed by atoms with Crippen LogP contribution in [0.5, 0.6) is 0 Å². The summed E-state index contributed by atoms with van der Waals surface area (Å²) in [5.74, 6) is 0.740. The monoisotopic (exact) mass is 507 g/mol. The number of hydrogen-bond acceptors (Lipinski definition) is 6. The van der Waals surface area contributed by atoms with Crippen molar-refractivity contribution in [1.29, 1.82) is 0 Å². The predicted molar refractivity (Wildman–Crippen MR) is 148 cm³/mol. The molecule has 0 amide bonds. The van der Waals surface area contributed by atoms with Gasteiger partial charge in [0.2, 0.25) is 0 Å². The summed E-state index contributed by atoms with van der Waals surface area (Å²) in [4.78, 5) is 18.4. The molecule has 6 rings (SSSR count). The van der Waals surface area contributed by atoms with Crippen LogP contribution in [0.2, 0.25) is 0 Å². The van der Waals surface area contributed by atoms with E-state index in [0.717, 1.165) is 36.6 Å². The van der Waals surface area contributed by atoms with Crippen LogP contribution in [0.1, 0.15) is 24.1 Å². The first-order chi connectivity index (χ1) is 18.7. The first-order valence-electron chi connectivity index (χ1n) is 13.2. The Labute approximate surface area is 222 Å². The van der Waals surface area contributed by atoms with Gasteiger partial charge >= 0.3 is 0 Å². The molecule has 5 aromatic rings. The maximum Gasteiger partial charge on any atom is 0.168 e. The van der Waals surface area contributed by atoms with Gasteiger partial charge in [0.1, 0.15) is 6.33 Å². The molecule has 4 heterocycles. The molecule has 0 saturated carbocycles. The molecule has 1 N–H and O–H groups in total. The molecule has 38 heavy (non-hydrogen) atoms. The first-order valence-corrected chi connectivity index (χ1v) is 13.2. The van der Waals surface area contributed by atoms with Gasteiger partial charge in [0.25, 0.3) is 0 Å². The number of β-amino-alcohol motifs (C(OH)–C–C–N with tert-alkyl or cyclic N) is 1. The summed E-state index contributed by atoms with van der Waals surface area (Å²) in [6.45, 7) is 6.07. The average molecular weight is 508 g/mol. The van der Waals surface area contributed by atoms with Gasteiger partial charge < -0.3 is 14.2 Å². The van der Waals surface area contributed by atoms with Crippen molar-refractivity contribution in [3.63, 3.8) is 0 Å². The van der Waals surface area contributed by atoms with E-state index in [0.29, 0.717) is 19.1 Å². The summed E-state index contributed by atoms with van der Waals surface area (Å²) < 4.78 is 3.85. The maximum absolute atomic E-state index is 11.1. The second-order valence-electron chi connectivity index (χ2n) is 10.1. The molecule has 8 heteroatoms. The number of rotatable bonds is 8. The van der Waals surface area contributed by atoms with E-state index in [4.69, 9.17) is 0 Å². The number of benzene rings is 2. The van der Waals surface area contributed by atoms with Crippen LogP contribution in [0.3, 0.4) is 0 Å². The molecule has 1 saturated heterocycles. The van der Waals surface area contributed by atoms with Gasteiger partial charge in [0.15, 0.2) is 17.0 Å². The fraction of sp³-hybridized carbons (Fsp3) is 0.300. The van der Waals surface area contributed by atoms with Crippen molar-refractivity contribution >= 4 is 11.2 Å². The van der Waals surface area contributed by atoms with E-state index < -0.39 is 6.10 Å². The Morgan fingerprint density at radius 2 is 1.53 bits per heavy atom. The predicted octanol–water partition coefficient (Wildman–Crippen LogP) is 3.77. The number of imidazole rings is 1. The first kappa shape index (κ1) is 24.5. The highest BCUT2D eigenvalue weighted by Crippen LogP contribution is 2.31. The minimum atomic E-state index is -0.532. The fourth-order valence-electron chi connectivity index (χ4n) is 5.69. The second kappa shape index (κ2) is 10.9. The van der Waals surface area contributed by atoms with Crippen LogP contribution in [-0.4, -0.2) is 77.3 Å². The smallest absolute Gasteiger partial charge is 0.168 e. The lowest BCUT2D eigenvalue weighted by atomic mass is 9.94. The molecule has 0 radical (unpaired) electrons. The summed E-state index contributed by atoms with van der Waals surface area (Å²) >= 11 is 0. The lowest BCUT2D eigenvalue weighted by molar-refractivity contribution is 0.0277. The third-order valence-electron chi connectivity index (χ3n) is 7.43. The van der Waals surface area contributed by atoms with E-state index in [9.17, 15) is 5.11 Å². The molecule has 1 fully saturated rings. The van der Waals surface area contributed by atoms with E-state index in [1.54, 1.807) is 12.7 Å². The van der Waals surface area contributed by atoms with Gasteiger partial charge in [-0.1, -0.05) is 60.7 Å². The van der Waals surface area contributed by atoms with Crippen molar-refractivity contribution in [2.24, 2.45) is 0 Å². The van der Waals surface area contributed by atoms with Crippen molar-refractivity contribution in [1.82, 2.24) is 33.9 Å². The number of nitrogens with zero attached hydrogens (tertiary/aromatic N) is 7. The van der Waals surface area contributed by atoms with Gasteiger partial charge in [-0.3, -0.25) is 9.80 Å². The number of hydrogen-bond donors (Lipinski definition) is 1. The van der Waals surface area contributed by atoms with Crippen LogP contribution in [-0.2, 0) is 6.54 Å². The zero-order chi connectivity index (χ0) is 25.9. The molecule has 0 aliphatic carbocycles. The number of aromatic nitrogens is 5. The van der Waals surface area contributed by atoms with E-state index in [1.807, 2.05) is 33.7 Å². The third kappa shape index (κ3) is 4.98. The Hall–Kier alpha value is -3.85. The Morgan fingerprint density at radius 1 is 0.842 bits per heavy atom. The highest BCUT2D eigenvalue weighted by atomic mass is 16.3. The summed E-state index contributed by atoms with van der Waals surface area (Å²) in [7, 11) is 0. The lowest BCUT2D eigenvalue weighted by Gasteiger charge is -2.44. The van der Waals surface area contributed by atoms with Crippen LogP contribution in [0, 0.1) is 0 Å². The largest absolute Gasteiger partial charge is 0.390 e. The standard InChI is InChI=1S/C30H33N7O/c1-23-18-34(16-17-37(23)28(24-10-4-2-5-11-24)25-12-6-3-7-13-25)19-26(38)20-36-22-33-27-29(31-21-32-30(27)36)35-14-8-9-15-35/h2-15,21-23,26,28,38H,16-20H2,1H3. The Balaban J connectivity index is 1.13. The Bertz CT molecular complexity index is 1410. The lowest BCUT2D eigenvalue weighted by Crippen LogP contribution is -2.54. The number of aliphatic hydroxyl groups is 1. The van der Waals surface area contributed by atoms with Gasteiger partial charge in [-0.25, -0.2) is 15.0 Å². The second-order valence-corrected chi connectivity index (χ2v) is 10.1. The minimum absolute atomic E-state index is 0.214. The molecule has 0 spiro atoms. The quantitative estimate of drug-likeness (QED) is 0.345. The third-order valence-corrected chi connectivity index (χ3v) is 7.43. The highest BCUT2D eigenvalue weighted by Gasteiger charge is 2.32. The van der Waals surface area contributed by atoms with Gasteiger partial charge in [-0.15, -0.1) is 0 Å². The molecular formula is C30H33N7O. The SMILES string of the molecule is CC1CN(CC(O)Cn2cnc3c(-n4cccc4)ncnc32)CCN1C(c1ccccc1)c1ccccc1. The van der Waals surface area contributed by atoms with E-state index in [-0.39, 0.29) is 6.04 Å². The molecule has 1 aliphatic heterocycles. The van der Waals surface area contributed by atoms with Crippen LogP contribution in [0.15, 0.2) is 97.8 Å². The molecule has 1 aliphatic rings. The van der Waals surface area contributed by atoms with Crippen molar-refractivity contribution in [3.8, 4) is 5.82 Å². The molecule has 2 atom stereocenters. The van der Waals surface area contributed by atoms with Crippen LogP contribution in [0.25, 0.3) is 17.0 Å². The zero-order valence-corrected chi connectivity index (χ0v) is 21.6. The molecule has 8 nitrogen and oxygen atoms in total. The van der Waals surface area contributed by atoms with E-state index >= 15 is 0 Å². The summed E-state index contributed by atoms with van der Waals surface area (Å²) in [5.41, 5.74) is 4.08. The molecule has 2 aromatic carbocycles. The van der Waals surface area contributed by atoms with E-state index in [2.05, 4.69) is 92.3 Å². The summed E-state index contributed by atoms with van der Waals surface area (Å²) in [6, 6.07) is 26.0. The maximum atomic E-state index is 11.1. The molecule has 0 bridgehead atoms. The number of fused-ring (bicyclic) bond motifs is 1. The van der Waals surface area contributed by atoms with Crippen LogP contribution in [0.4, 0.5) is 0 Å². The summed E-state index contributed by atoms with van der Waals surface area (Å²) in [6.07, 6.45) is 6.65. The normalized spacial score (nSPS) is 17.8. The number of piperazine rings is 1. The van der Waals surface area contributed by atoms with Gasteiger partial charge in [-0.2, -0.15) is 0 Å². The van der Waals surface area contributed by atoms with Crippen LogP contribution < -0.4 is 0 Å². The van der Waals surface area contributed by atoms with E-state index in [1.165, 1.54) is 11.1 Å². The Morgan fingerprint density at radius 3 is 2.18 bits per heavy atom. The van der Waals surface area contributed by atoms with Crippen molar-refractivity contribution in [3.05, 3.63) is 109 Å². The number of aliphatic hydroxyl groups excluding tert-OH is 1. The van der Waals surface area contributed by atoms with Crippen molar-refractivity contribution in [2.45, 2.75) is 31.7 Å². The van der Waals surface area contributed by atoms with Crippen molar-refractivity contribution < 1.29 is 5.11 Å². The van der Waals surface area contributed by atoms with Gasteiger partial charge in [0, 0.05) is 44.6 Å². The minimum Gasteiger partial charge on any atom is -0.390 e. The average Bonchev–Trinajstić information content (AvgIpc) is 3.62. The van der Waals surface area contributed by atoms with Crippen LogP contribution >= 0.6 is 0 Å². The molecule has 2 unspecified atom stereocenters. The molecule has 3 aromatic heterocycles. The Kier molecular flexibility index (Phi) is 7.00. The van der Waals surface area contributed by atoms with Gasteiger partial charge in [-0.05, 0) is 30.2 Å². The highest BCUT2D eigenvalue weighted by molar-refractivity contribution is 5.78. The topological polar surface area (TPSA) is 75.2 Å². The van der Waals surface area contributed by atoms with Gasteiger partial charge in [0.05, 0.1) is 25.0 Å². The summed E-state index contributed by atoms with van der Waals surface area (Å²) in [5, 5.41) is 11.1. The van der Waals surface area contributed by atoms with Crippen molar-refractivity contribution in [2.75, 3.05) is 26.2 Å². The molecular weight excluding hydrogens is 474 g/mol. The fourth-order valence-corrected chi connectivity index (χ4v) is 5.69. The molecule has 194 valence electrons.